The van der Waals surface area contributed by atoms with Gasteiger partial charge in [0.1, 0.15) is 0 Å². The highest BCUT2D eigenvalue weighted by atomic mass is 32.2. The zero-order chi connectivity index (χ0) is 19.5. The van der Waals surface area contributed by atoms with Gasteiger partial charge >= 0.3 is 0 Å². The molecule has 0 aliphatic carbocycles. The first kappa shape index (κ1) is 20.0. The maximum atomic E-state index is 12.4. The lowest BCUT2D eigenvalue weighted by Crippen LogP contribution is -2.22. The SMILES string of the molecule is CC(C)S(=O)(=O)Nc1ccc(C(=O)Nc2ccc(C(C)(C)C)cc2)cc1. The molecule has 2 aromatic rings. The maximum absolute atomic E-state index is 12.4. The van der Waals surface area contributed by atoms with E-state index >= 15 is 0 Å². The summed E-state index contributed by atoms with van der Waals surface area (Å²) in [5.74, 6) is -0.244. The van der Waals surface area contributed by atoms with Gasteiger partial charge in [0.25, 0.3) is 5.91 Å². The molecule has 0 bridgehead atoms. The van der Waals surface area contributed by atoms with E-state index < -0.39 is 15.3 Å². The fraction of sp³-hybridized carbons (Fsp3) is 0.350. The van der Waals surface area contributed by atoms with E-state index in [1.165, 1.54) is 5.56 Å². The van der Waals surface area contributed by atoms with Gasteiger partial charge in [-0.1, -0.05) is 32.9 Å². The summed E-state index contributed by atoms with van der Waals surface area (Å²) >= 11 is 0. The Morgan fingerprint density at radius 3 is 1.85 bits per heavy atom. The summed E-state index contributed by atoms with van der Waals surface area (Å²) in [6.07, 6.45) is 0. The van der Waals surface area contributed by atoms with Crippen LogP contribution in [0.4, 0.5) is 11.4 Å². The van der Waals surface area contributed by atoms with Crippen molar-refractivity contribution in [3.8, 4) is 0 Å². The Morgan fingerprint density at radius 2 is 1.38 bits per heavy atom. The summed E-state index contributed by atoms with van der Waals surface area (Å²) in [6.45, 7) is 9.62. The summed E-state index contributed by atoms with van der Waals surface area (Å²) in [5, 5.41) is 2.32. The van der Waals surface area contributed by atoms with Crippen LogP contribution in [0.25, 0.3) is 0 Å². The lowest BCUT2D eigenvalue weighted by Gasteiger charge is -2.19. The molecule has 0 aromatic heterocycles. The van der Waals surface area contributed by atoms with Crippen molar-refractivity contribution >= 4 is 27.3 Å². The fourth-order valence-electron chi connectivity index (χ4n) is 2.23. The number of nitrogens with one attached hydrogen (secondary N) is 2. The third-order valence-corrected chi connectivity index (χ3v) is 5.80. The van der Waals surface area contributed by atoms with Crippen molar-refractivity contribution in [1.29, 1.82) is 0 Å². The second-order valence-corrected chi connectivity index (χ2v) is 9.79. The van der Waals surface area contributed by atoms with Gasteiger partial charge in [0, 0.05) is 16.9 Å². The minimum atomic E-state index is -3.40. The molecule has 140 valence electrons. The molecule has 0 saturated heterocycles. The van der Waals surface area contributed by atoms with Gasteiger partial charge in [0.05, 0.1) is 5.25 Å². The highest BCUT2D eigenvalue weighted by Crippen LogP contribution is 2.23. The normalized spacial score (nSPS) is 12.1. The Kier molecular flexibility index (Phi) is 5.76. The molecule has 0 unspecified atom stereocenters. The molecule has 6 heteroatoms. The highest BCUT2D eigenvalue weighted by molar-refractivity contribution is 7.93. The predicted molar refractivity (Wildman–Crippen MR) is 107 cm³/mol. The van der Waals surface area contributed by atoms with Crippen LogP contribution >= 0.6 is 0 Å². The van der Waals surface area contributed by atoms with Crippen LogP contribution in [0.15, 0.2) is 48.5 Å². The monoisotopic (exact) mass is 374 g/mol. The standard InChI is InChI=1S/C20H26N2O3S/c1-14(2)26(24,25)22-18-10-6-15(7-11-18)19(23)21-17-12-8-16(9-13-17)20(3,4)5/h6-14,22H,1-5H3,(H,21,23). The summed E-state index contributed by atoms with van der Waals surface area (Å²) in [6, 6.07) is 14.1. The van der Waals surface area contributed by atoms with Gasteiger partial charge in [-0.15, -0.1) is 0 Å². The number of carbonyl (C=O) groups excluding carboxylic acids is 1. The minimum absolute atomic E-state index is 0.0572. The molecule has 0 radical (unpaired) electrons. The molecule has 0 aliphatic heterocycles. The van der Waals surface area contributed by atoms with Gasteiger partial charge < -0.3 is 5.32 Å². The van der Waals surface area contributed by atoms with Gasteiger partial charge in [-0.05, 0) is 61.2 Å². The molecule has 0 aliphatic rings. The number of hydrogen-bond donors (Lipinski definition) is 2. The van der Waals surface area contributed by atoms with E-state index in [0.717, 1.165) is 0 Å². The Balaban J connectivity index is 2.06. The molecule has 1 amide bonds. The Labute approximate surface area is 155 Å². The molecule has 2 aromatic carbocycles. The summed E-state index contributed by atoms with van der Waals surface area (Å²) in [4.78, 5) is 12.4. The minimum Gasteiger partial charge on any atom is -0.322 e. The van der Waals surface area contributed by atoms with Crippen LogP contribution in [-0.2, 0) is 15.4 Å². The van der Waals surface area contributed by atoms with Gasteiger partial charge in [0.15, 0.2) is 0 Å². The molecule has 0 heterocycles. The Bertz CT molecular complexity index is 863. The lowest BCUT2D eigenvalue weighted by atomic mass is 9.87. The number of rotatable bonds is 5. The van der Waals surface area contributed by atoms with Crippen molar-refractivity contribution in [3.63, 3.8) is 0 Å². The average Bonchev–Trinajstić information content (AvgIpc) is 2.54. The number of sulfonamides is 1. The third-order valence-electron chi connectivity index (χ3n) is 4.04. The molecule has 0 saturated carbocycles. The van der Waals surface area contributed by atoms with Crippen molar-refractivity contribution in [2.45, 2.75) is 45.3 Å². The van der Waals surface area contributed by atoms with Gasteiger partial charge in [0.2, 0.25) is 10.0 Å². The van der Waals surface area contributed by atoms with E-state index in [1.807, 2.05) is 24.3 Å². The highest BCUT2D eigenvalue weighted by Gasteiger charge is 2.16. The fourth-order valence-corrected chi connectivity index (χ4v) is 2.93. The van der Waals surface area contributed by atoms with Gasteiger partial charge in [-0.3, -0.25) is 9.52 Å². The number of anilines is 2. The first-order valence-electron chi connectivity index (χ1n) is 8.52. The number of hydrogen-bond acceptors (Lipinski definition) is 3. The van der Waals surface area contributed by atoms with E-state index in [1.54, 1.807) is 38.1 Å². The first-order valence-corrected chi connectivity index (χ1v) is 10.1. The number of benzene rings is 2. The maximum Gasteiger partial charge on any atom is 0.255 e. The van der Waals surface area contributed by atoms with Crippen LogP contribution in [0.1, 0.15) is 50.5 Å². The average molecular weight is 375 g/mol. The van der Waals surface area contributed by atoms with E-state index in [4.69, 9.17) is 0 Å². The van der Waals surface area contributed by atoms with Crippen molar-refractivity contribution in [2.24, 2.45) is 0 Å². The van der Waals surface area contributed by atoms with Crippen LogP contribution in [0.5, 0.6) is 0 Å². The van der Waals surface area contributed by atoms with Gasteiger partial charge in [-0.2, -0.15) is 0 Å². The summed E-state index contributed by atoms with van der Waals surface area (Å²) in [5.41, 5.74) is 2.86. The van der Waals surface area contributed by atoms with Crippen LogP contribution in [0, 0.1) is 0 Å². The largest absolute Gasteiger partial charge is 0.322 e. The quantitative estimate of drug-likeness (QED) is 0.815. The van der Waals surface area contributed by atoms with Gasteiger partial charge in [-0.25, -0.2) is 8.42 Å². The van der Waals surface area contributed by atoms with Crippen molar-refractivity contribution in [1.82, 2.24) is 0 Å². The topological polar surface area (TPSA) is 75.3 Å². The second-order valence-electron chi connectivity index (χ2n) is 7.55. The van der Waals surface area contributed by atoms with Crippen LogP contribution in [-0.4, -0.2) is 19.6 Å². The van der Waals surface area contributed by atoms with Crippen LogP contribution in [0.2, 0.25) is 0 Å². The smallest absolute Gasteiger partial charge is 0.255 e. The van der Waals surface area contributed by atoms with Crippen LogP contribution in [0.3, 0.4) is 0 Å². The Hall–Kier alpha value is -2.34. The van der Waals surface area contributed by atoms with E-state index in [-0.39, 0.29) is 11.3 Å². The van der Waals surface area contributed by atoms with E-state index in [9.17, 15) is 13.2 Å². The molecule has 0 spiro atoms. The molecular weight excluding hydrogens is 348 g/mol. The molecule has 2 N–H and O–H groups in total. The molecule has 0 atom stereocenters. The van der Waals surface area contributed by atoms with Crippen LogP contribution < -0.4 is 10.0 Å². The molecule has 5 nitrogen and oxygen atoms in total. The summed E-state index contributed by atoms with van der Waals surface area (Å²) < 4.78 is 26.2. The molecule has 2 rings (SSSR count). The van der Waals surface area contributed by atoms with Crippen molar-refractivity contribution in [2.75, 3.05) is 10.0 Å². The molecule has 26 heavy (non-hydrogen) atoms. The van der Waals surface area contributed by atoms with Crippen molar-refractivity contribution in [3.05, 3.63) is 59.7 Å². The second kappa shape index (κ2) is 7.50. The zero-order valence-corrected chi connectivity index (χ0v) is 16.6. The molecular formula is C20H26N2O3S. The molecule has 0 fully saturated rings. The Morgan fingerprint density at radius 1 is 0.885 bits per heavy atom. The summed E-state index contributed by atoms with van der Waals surface area (Å²) in [7, 11) is -3.40. The third kappa shape index (κ3) is 5.08. The van der Waals surface area contributed by atoms with E-state index in [0.29, 0.717) is 16.9 Å². The number of carbonyl (C=O) groups is 1. The lowest BCUT2D eigenvalue weighted by molar-refractivity contribution is 0.102. The van der Waals surface area contributed by atoms with E-state index in [2.05, 4.69) is 30.8 Å². The number of amides is 1. The van der Waals surface area contributed by atoms with Crippen molar-refractivity contribution < 1.29 is 13.2 Å². The first-order chi connectivity index (χ1) is 12.0. The predicted octanol–water partition coefficient (Wildman–Crippen LogP) is 4.39. The zero-order valence-electron chi connectivity index (χ0n) is 15.8.